The molecule has 0 aliphatic rings. The number of benzene rings is 2. The lowest BCUT2D eigenvalue weighted by Crippen LogP contribution is -2.24. The highest BCUT2D eigenvalue weighted by atomic mass is 79.9. The monoisotopic (exact) mass is 349 g/mol. The van der Waals surface area contributed by atoms with Crippen molar-refractivity contribution in [2.24, 2.45) is 0 Å². The molecule has 1 unspecified atom stereocenters. The van der Waals surface area contributed by atoms with E-state index in [0.29, 0.717) is 6.42 Å². The summed E-state index contributed by atoms with van der Waals surface area (Å²) in [6.45, 7) is 5.14. The third kappa shape index (κ3) is 4.65. The van der Waals surface area contributed by atoms with Crippen molar-refractivity contribution < 1.29 is 4.39 Å². The van der Waals surface area contributed by atoms with Crippen molar-refractivity contribution in [3.8, 4) is 0 Å². The lowest BCUT2D eigenvalue weighted by molar-refractivity contribution is 0.512. The minimum absolute atomic E-state index is 0.123. The minimum Gasteiger partial charge on any atom is -0.310 e. The van der Waals surface area contributed by atoms with Crippen molar-refractivity contribution in [2.45, 2.75) is 32.7 Å². The second kappa shape index (κ2) is 7.71. The Morgan fingerprint density at radius 1 is 1.19 bits per heavy atom. The second-order valence-electron chi connectivity index (χ2n) is 5.36. The fourth-order valence-corrected chi connectivity index (χ4v) is 3.10. The summed E-state index contributed by atoms with van der Waals surface area (Å²) in [7, 11) is 0. The number of halogens is 2. The van der Waals surface area contributed by atoms with Gasteiger partial charge in [-0.15, -0.1) is 0 Å². The maximum atomic E-state index is 13.9. The minimum atomic E-state index is -0.132. The molecule has 0 fully saturated rings. The molecule has 2 aromatic rings. The quantitative estimate of drug-likeness (QED) is 0.757. The van der Waals surface area contributed by atoms with E-state index in [1.54, 1.807) is 6.07 Å². The van der Waals surface area contributed by atoms with Gasteiger partial charge in [-0.05, 0) is 61.2 Å². The van der Waals surface area contributed by atoms with E-state index in [1.165, 1.54) is 17.2 Å². The summed E-state index contributed by atoms with van der Waals surface area (Å²) in [5.74, 6) is -0.132. The first-order valence-corrected chi connectivity index (χ1v) is 8.13. The van der Waals surface area contributed by atoms with Gasteiger partial charge in [0.15, 0.2) is 0 Å². The predicted molar refractivity (Wildman–Crippen MR) is 90.0 cm³/mol. The Kier molecular flexibility index (Phi) is 5.95. The molecule has 2 aromatic carbocycles. The Morgan fingerprint density at radius 3 is 2.62 bits per heavy atom. The molecule has 112 valence electrons. The van der Waals surface area contributed by atoms with Gasteiger partial charge >= 0.3 is 0 Å². The van der Waals surface area contributed by atoms with Crippen molar-refractivity contribution >= 4 is 15.9 Å². The number of rotatable bonds is 6. The van der Waals surface area contributed by atoms with Gasteiger partial charge in [-0.3, -0.25) is 0 Å². The largest absolute Gasteiger partial charge is 0.310 e. The molecule has 0 saturated carbocycles. The van der Waals surface area contributed by atoms with E-state index >= 15 is 0 Å². The lowest BCUT2D eigenvalue weighted by Gasteiger charge is -2.20. The van der Waals surface area contributed by atoms with Crippen LogP contribution in [0.3, 0.4) is 0 Å². The molecule has 0 bridgehead atoms. The highest BCUT2D eigenvalue weighted by molar-refractivity contribution is 9.10. The van der Waals surface area contributed by atoms with Crippen LogP contribution >= 0.6 is 15.9 Å². The van der Waals surface area contributed by atoms with Gasteiger partial charge in [0, 0.05) is 10.5 Å². The van der Waals surface area contributed by atoms with E-state index < -0.39 is 0 Å². The summed E-state index contributed by atoms with van der Waals surface area (Å²) in [5.41, 5.74) is 3.15. The van der Waals surface area contributed by atoms with Crippen LogP contribution in [0.5, 0.6) is 0 Å². The van der Waals surface area contributed by atoms with Crippen molar-refractivity contribution in [1.82, 2.24) is 5.32 Å². The molecule has 0 saturated heterocycles. The lowest BCUT2D eigenvalue weighted by atomic mass is 9.97. The third-order valence-electron chi connectivity index (χ3n) is 3.49. The second-order valence-corrected chi connectivity index (χ2v) is 6.28. The molecule has 1 atom stereocenters. The van der Waals surface area contributed by atoms with Crippen molar-refractivity contribution in [3.63, 3.8) is 0 Å². The number of aryl methyl sites for hydroxylation is 1. The Labute approximate surface area is 134 Å². The van der Waals surface area contributed by atoms with Crippen LogP contribution in [0.15, 0.2) is 46.9 Å². The maximum Gasteiger partial charge on any atom is 0.126 e. The molecule has 0 amide bonds. The maximum absolute atomic E-state index is 13.9. The summed E-state index contributed by atoms with van der Waals surface area (Å²) < 4.78 is 15.0. The number of hydrogen-bond acceptors (Lipinski definition) is 1. The van der Waals surface area contributed by atoms with E-state index in [-0.39, 0.29) is 11.9 Å². The van der Waals surface area contributed by atoms with Crippen LogP contribution < -0.4 is 5.32 Å². The van der Waals surface area contributed by atoms with E-state index in [2.05, 4.69) is 53.3 Å². The zero-order valence-corrected chi connectivity index (χ0v) is 14.1. The average molecular weight is 350 g/mol. The summed E-state index contributed by atoms with van der Waals surface area (Å²) in [6, 6.07) is 13.5. The van der Waals surface area contributed by atoms with E-state index in [9.17, 15) is 4.39 Å². The fraction of sp³-hybridized carbons (Fsp3) is 0.333. The zero-order valence-electron chi connectivity index (χ0n) is 12.5. The Hall–Kier alpha value is -1.19. The van der Waals surface area contributed by atoms with Gasteiger partial charge in [0.2, 0.25) is 0 Å². The van der Waals surface area contributed by atoms with Crippen LogP contribution in [0, 0.1) is 12.7 Å². The predicted octanol–water partition coefficient (Wildman–Crippen LogP) is 5.18. The molecular weight excluding hydrogens is 329 g/mol. The molecule has 0 aliphatic heterocycles. The van der Waals surface area contributed by atoms with Crippen molar-refractivity contribution in [3.05, 3.63) is 69.4 Å². The third-order valence-corrected chi connectivity index (χ3v) is 3.95. The van der Waals surface area contributed by atoms with E-state index in [1.807, 2.05) is 12.1 Å². The zero-order chi connectivity index (χ0) is 15.2. The molecule has 1 nitrogen and oxygen atoms in total. The highest BCUT2D eigenvalue weighted by Crippen LogP contribution is 2.24. The van der Waals surface area contributed by atoms with Gasteiger partial charge in [-0.1, -0.05) is 47.1 Å². The SMILES string of the molecule is CCCNC(Cc1ccccc1F)c1cc(C)cc(Br)c1. The normalized spacial score (nSPS) is 12.4. The molecular formula is C18H21BrFN. The van der Waals surface area contributed by atoms with Gasteiger partial charge in [-0.25, -0.2) is 4.39 Å². The van der Waals surface area contributed by atoms with Gasteiger partial charge in [0.05, 0.1) is 0 Å². The van der Waals surface area contributed by atoms with E-state index in [0.717, 1.165) is 23.0 Å². The summed E-state index contributed by atoms with van der Waals surface area (Å²) in [4.78, 5) is 0. The van der Waals surface area contributed by atoms with Crippen LogP contribution in [0.1, 0.15) is 36.1 Å². The summed E-state index contributed by atoms with van der Waals surface area (Å²) in [6.07, 6.45) is 1.71. The smallest absolute Gasteiger partial charge is 0.126 e. The fourth-order valence-electron chi connectivity index (χ4n) is 2.48. The standard InChI is InChI=1S/C18H21BrFN/c1-3-8-21-18(12-14-6-4-5-7-17(14)20)15-9-13(2)10-16(19)11-15/h4-7,9-11,18,21H,3,8,12H2,1-2H3. The number of nitrogens with one attached hydrogen (secondary N) is 1. The number of hydrogen-bond donors (Lipinski definition) is 1. The molecule has 0 aromatic heterocycles. The average Bonchev–Trinajstić information content (AvgIpc) is 2.44. The molecule has 21 heavy (non-hydrogen) atoms. The van der Waals surface area contributed by atoms with Gasteiger partial charge in [0.1, 0.15) is 5.82 Å². The Morgan fingerprint density at radius 2 is 1.95 bits per heavy atom. The Bertz CT molecular complexity index is 577. The topological polar surface area (TPSA) is 12.0 Å². The molecule has 0 spiro atoms. The van der Waals surface area contributed by atoms with Crippen molar-refractivity contribution in [2.75, 3.05) is 6.54 Å². The van der Waals surface area contributed by atoms with Crippen LogP contribution in [-0.2, 0) is 6.42 Å². The summed E-state index contributed by atoms with van der Waals surface area (Å²) >= 11 is 3.55. The molecule has 0 aliphatic carbocycles. The first kappa shape index (κ1) is 16.2. The highest BCUT2D eigenvalue weighted by Gasteiger charge is 2.14. The molecule has 1 N–H and O–H groups in total. The first-order valence-electron chi connectivity index (χ1n) is 7.34. The van der Waals surface area contributed by atoms with Gasteiger partial charge in [0.25, 0.3) is 0 Å². The molecule has 2 rings (SSSR count). The van der Waals surface area contributed by atoms with Crippen molar-refractivity contribution in [1.29, 1.82) is 0 Å². The van der Waals surface area contributed by atoms with Crippen LogP contribution in [0.2, 0.25) is 0 Å². The van der Waals surface area contributed by atoms with Gasteiger partial charge in [-0.2, -0.15) is 0 Å². The van der Waals surface area contributed by atoms with E-state index in [4.69, 9.17) is 0 Å². The molecule has 0 heterocycles. The Balaban J connectivity index is 2.27. The molecule has 0 radical (unpaired) electrons. The van der Waals surface area contributed by atoms with Crippen LogP contribution in [0.4, 0.5) is 4.39 Å². The molecule has 3 heteroatoms. The van der Waals surface area contributed by atoms with Gasteiger partial charge < -0.3 is 5.32 Å². The van der Waals surface area contributed by atoms with Crippen LogP contribution in [0.25, 0.3) is 0 Å². The van der Waals surface area contributed by atoms with Crippen LogP contribution in [-0.4, -0.2) is 6.54 Å². The first-order chi connectivity index (χ1) is 10.1. The summed E-state index contributed by atoms with van der Waals surface area (Å²) in [5, 5.41) is 3.53.